The van der Waals surface area contributed by atoms with E-state index in [-0.39, 0.29) is 11.3 Å². The van der Waals surface area contributed by atoms with Crippen molar-refractivity contribution < 1.29 is 18.0 Å². The van der Waals surface area contributed by atoms with E-state index < -0.39 is 23.4 Å². The molecule has 3 rings (SSSR count). The number of nitrogens with one attached hydrogen (secondary N) is 2. The van der Waals surface area contributed by atoms with E-state index >= 15 is 0 Å². The number of nitrogens with zero attached hydrogens (tertiary/aromatic N) is 1. The number of carbonyl (C=O) groups excluding carboxylic acids is 1. The summed E-state index contributed by atoms with van der Waals surface area (Å²) in [6.45, 7) is 0. The molecule has 3 aromatic rings. The van der Waals surface area contributed by atoms with Crippen LogP contribution >= 0.6 is 0 Å². The summed E-state index contributed by atoms with van der Waals surface area (Å²) in [7, 11) is 0. The molecule has 7 heteroatoms. The molecule has 0 aliphatic rings. The van der Waals surface area contributed by atoms with E-state index in [0.29, 0.717) is 23.2 Å². The molecule has 2 N–H and O–H groups in total. The lowest BCUT2D eigenvalue weighted by atomic mass is 10.2. The molecule has 0 aliphatic carbocycles. The number of benzene rings is 2. The van der Waals surface area contributed by atoms with Gasteiger partial charge in [-0.05, 0) is 18.2 Å². The molecule has 1 aromatic heterocycles. The van der Waals surface area contributed by atoms with Gasteiger partial charge in [0.1, 0.15) is 0 Å². The van der Waals surface area contributed by atoms with Crippen LogP contribution in [0.25, 0.3) is 11.0 Å². The second-order valence-corrected chi connectivity index (χ2v) is 4.34. The number of hydrogen-bond acceptors (Lipinski definition) is 2. The fourth-order valence-corrected chi connectivity index (χ4v) is 1.91. The van der Waals surface area contributed by atoms with Crippen molar-refractivity contribution in [1.82, 2.24) is 9.97 Å². The summed E-state index contributed by atoms with van der Waals surface area (Å²) < 4.78 is 39.0. The van der Waals surface area contributed by atoms with Crippen LogP contribution in [0.3, 0.4) is 0 Å². The number of H-pyrrole nitrogens is 1. The van der Waals surface area contributed by atoms with Crippen molar-refractivity contribution in [1.29, 1.82) is 0 Å². The highest BCUT2D eigenvalue weighted by molar-refractivity contribution is 6.05. The summed E-state index contributed by atoms with van der Waals surface area (Å²) in [4.78, 5) is 18.9. The van der Waals surface area contributed by atoms with Crippen LogP contribution < -0.4 is 5.32 Å². The first-order chi connectivity index (χ1) is 10.0. The van der Waals surface area contributed by atoms with Gasteiger partial charge in [0, 0.05) is 23.4 Å². The number of halogens is 3. The van der Waals surface area contributed by atoms with Crippen LogP contribution in [0.1, 0.15) is 10.4 Å². The Morgan fingerprint density at radius 2 is 1.81 bits per heavy atom. The molecular formula is C14H8F3N3O. The summed E-state index contributed by atoms with van der Waals surface area (Å²) in [5.41, 5.74) is 1.45. The smallest absolute Gasteiger partial charge is 0.255 e. The van der Waals surface area contributed by atoms with Gasteiger partial charge in [-0.2, -0.15) is 0 Å². The molecule has 0 spiro atoms. The Labute approximate surface area is 116 Å². The molecule has 106 valence electrons. The molecule has 0 atom stereocenters. The van der Waals surface area contributed by atoms with Gasteiger partial charge in [-0.25, -0.2) is 18.2 Å². The zero-order chi connectivity index (χ0) is 15.0. The highest BCUT2D eigenvalue weighted by atomic mass is 19.2. The quantitative estimate of drug-likeness (QED) is 0.712. The molecule has 1 heterocycles. The lowest BCUT2D eigenvalue weighted by Gasteiger charge is -2.06. The molecule has 1 amide bonds. The number of amides is 1. The van der Waals surface area contributed by atoms with Gasteiger partial charge in [-0.3, -0.25) is 4.79 Å². The van der Waals surface area contributed by atoms with Crippen LogP contribution in [0.4, 0.5) is 18.9 Å². The fourth-order valence-electron chi connectivity index (χ4n) is 1.91. The Kier molecular flexibility index (Phi) is 3.09. The number of carbonyl (C=O) groups is 1. The molecule has 0 saturated carbocycles. The minimum atomic E-state index is -1.58. The second kappa shape index (κ2) is 4.93. The van der Waals surface area contributed by atoms with E-state index in [9.17, 15) is 18.0 Å². The standard InChI is InChI=1S/C14H8F3N3O/c15-9-4-8(5-10(16)13(9)17)20-14(21)7-1-2-11-12(3-7)19-6-18-11/h1-6H,(H,18,19)(H,20,21). The fraction of sp³-hybridized carbons (Fsp3) is 0. The normalized spacial score (nSPS) is 10.8. The van der Waals surface area contributed by atoms with Crippen LogP contribution in [-0.2, 0) is 0 Å². The SMILES string of the molecule is O=C(Nc1cc(F)c(F)c(F)c1)c1ccc2nc[nH]c2c1. The number of hydrogen-bond donors (Lipinski definition) is 2. The maximum Gasteiger partial charge on any atom is 0.255 e. The number of anilines is 1. The van der Waals surface area contributed by atoms with E-state index in [1.165, 1.54) is 12.4 Å². The van der Waals surface area contributed by atoms with Gasteiger partial charge >= 0.3 is 0 Å². The Morgan fingerprint density at radius 1 is 1.10 bits per heavy atom. The number of rotatable bonds is 2. The van der Waals surface area contributed by atoms with Crippen molar-refractivity contribution in [2.45, 2.75) is 0 Å². The van der Waals surface area contributed by atoms with Crippen molar-refractivity contribution in [3.63, 3.8) is 0 Å². The molecule has 0 unspecified atom stereocenters. The third-order valence-corrected chi connectivity index (χ3v) is 2.92. The molecule has 21 heavy (non-hydrogen) atoms. The molecule has 4 nitrogen and oxygen atoms in total. The monoisotopic (exact) mass is 291 g/mol. The molecule has 2 aromatic carbocycles. The maximum absolute atomic E-state index is 13.1. The molecule has 0 saturated heterocycles. The number of imidazole rings is 1. The molecular weight excluding hydrogens is 283 g/mol. The number of aromatic amines is 1. The number of aromatic nitrogens is 2. The molecule has 0 bridgehead atoms. The maximum atomic E-state index is 13.1. The average Bonchev–Trinajstić information content (AvgIpc) is 2.91. The first-order valence-electron chi connectivity index (χ1n) is 5.93. The molecule has 0 aliphatic heterocycles. The molecule has 0 radical (unpaired) electrons. The first kappa shape index (κ1) is 13.2. The summed E-state index contributed by atoms with van der Waals surface area (Å²) in [6.07, 6.45) is 1.48. The van der Waals surface area contributed by atoms with E-state index in [0.717, 1.165) is 0 Å². The third kappa shape index (κ3) is 2.45. The van der Waals surface area contributed by atoms with Crippen molar-refractivity contribution in [3.05, 3.63) is 59.7 Å². The third-order valence-electron chi connectivity index (χ3n) is 2.92. The zero-order valence-electron chi connectivity index (χ0n) is 10.5. The van der Waals surface area contributed by atoms with Crippen molar-refractivity contribution in [2.75, 3.05) is 5.32 Å². The van der Waals surface area contributed by atoms with Crippen molar-refractivity contribution in [3.8, 4) is 0 Å². The van der Waals surface area contributed by atoms with Crippen LogP contribution in [0, 0.1) is 17.5 Å². The van der Waals surface area contributed by atoms with Crippen molar-refractivity contribution >= 4 is 22.6 Å². The van der Waals surface area contributed by atoms with Gasteiger partial charge in [0.2, 0.25) is 0 Å². The second-order valence-electron chi connectivity index (χ2n) is 4.34. The van der Waals surface area contributed by atoms with Crippen molar-refractivity contribution in [2.24, 2.45) is 0 Å². The van der Waals surface area contributed by atoms with E-state index in [1.807, 2.05) is 0 Å². The summed E-state index contributed by atoms with van der Waals surface area (Å²) in [5.74, 6) is -4.88. The highest BCUT2D eigenvalue weighted by Crippen LogP contribution is 2.19. The van der Waals surface area contributed by atoms with Crippen LogP contribution in [0.5, 0.6) is 0 Å². The Hall–Kier alpha value is -2.83. The summed E-state index contributed by atoms with van der Waals surface area (Å²) in [5, 5.41) is 2.30. The van der Waals surface area contributed by atoms with Gasteiger partial charge in [0.25, 0.3) is 5.91 Å². The van der Waals surface area contributed by atoms with Gasteiger partial charge in [-0.1, -0.05) is 0 Å². The highest BCUT2D eigenvalue weighted by Gasteiger charge is 2.13. The van der Waals surface area contributed by atoms with E-state index in [2.05, 4.69) is 15.3 Å². The van der Waals surface area contributed by atoms with Gasteiger partial charge < -0.3 is 10.3 Å². The lowest BCUT2D eigenvalue weighted by Crippen LogP contribution is -2.12. The van der Waals surface area contributed by atoms with E-state index in [1.54, 1.807) is 12.1 Å². The van der Waals surface area contributed by atoms with Gasteiger partial charge in [0.05, 0.1) is 17.4 Å². The predicted molar refractivity (Wildman–Crippen MR) is 70.4 cm³/mol. The van der Waals surface area contributed by atoms with Crippen LogP contribution in [-0.4, -0.2) is 15.9 Å². The topological polar surface area (TPSA) is 57.8 Å². The average molecular weight is 291 g/mol. The Balaban J connectivity index is 1.88. The minimum Gasteiger partial charge on any atom is -0.345 e. The predicted octanol–water partition coefficient (Wildman–Crippen LogP) is 3.23. The van der Waals surface area contributed by atoms with Gasteiger partial charge in [-0.15, -0.1) is 0 Å². The zero-order valence-corrected chi connectivity index (χ0v) is 10.5. The minimum absolute atomic E-state index is 0.166. The van der Waals surface area contributed by atoms with E-state index in [4.69, 9.17) is 0 Å². The molecule has 0 fully saturated rings. The Bertz CT molecular complexity index is 821. The van der Waals surface area contributed by atoms with Crippen LogP contribution in [0.15, 0.2) is 36.7 Å². The van der Waals surface area contributed by atoms with Crippen LogP contribution in [0.2, 0.25) is 0 Å². The first-order valence-corrected chi connectivity index (χ1v) is 5.93. The van der Waals surface area contributed by atoms with Gasteiger partial charge in [0.15, 0.2) is 17.5 Å². The Morgan fingerprint density at radius 3 is 2.52 bits per heavy atom. The number of fused-ring (bicyclic) bond motifs is 1. The largest absolute Gasteiger partial charge is 0.345 e. The summed E-state index contributed by atoms with van der Waals surface area (Å²) in [6, 6.07) is 6.13. The lowest BCUT2D eigenvalue weighted by molar-refractivity contribution is 0.102. The summed E-state index contributed by atoms with van der Waals surface area (Å²) >= 11 is 0.